The van der Waals surface area contributed by atoms with E-state index >= 15 is 0 Å². The lowest BCUT2D eigenvalue weighted by Crippen LogP contribution is -2.02. The Balaban J connectivity index is 1.93. The van der Waals surface area contributed by atoms with E-state index in [1.165, 1.54) is 0 Å². The van der Waals surface area contributed by atoms with Crippen LogP contribution < -0.4 is 0 Å². The van der Waals surface area contributed by atoms with Gasteiger partial charge in [-0.2, -0.15) is 0 Å². The number of halogens is 2. The summed E-state index contributed by atoms with van der Waals surface area (Å²) in [6.07, 6.45) is 0. The first-order chi connectivity index (χ1) is 10.6. The standard InChI is InChI=1S/C19H12Cl2O/c20-16-10-11-18(21)17(12-16)19(22)15-8-6-14(7-9-15)13-4-2-1-3-5-13/h1-12H. The fourth-order valence-corrected chi connectivity index (χ4v) is 2.65. The molecule has 0 radical (unpaired) electrons. The molecule has 3 aromatic carbocycles. The van der Waals surface area contributed by atoms with Gasteiger partial charge in [-0.05, 0) is 29.3 Å². The number of ketones is 1. The normalized spacial score (nSPS) is 10.5. The predicted molar refractivity (Wildman–Crippen MR) is 91.8 cm³/mol. The molecule has 22 heavy (non-hydrogen) atoms. The summed E-state index contributed by atoms with van der Waals surface area (Å²) in [5.74, 6) is -0.132. The summed E-state index contributed by atoms with van der Waals surface area (Å²) in [4.78, 5) is 12.5. The van der Waals surface area contributed by atoms with E-state index in [1.54, 1.807) is 18.2 Å². The molecule has 3 heteroatoms. The SMILES string of the molecule is O=C(c1ccc(-c2ccccc2)cc1)c1cc(Cl)ccc1Cl. The van der Waals surface area contributed by atoms with Crippen molar-refractivity contribution in [1.29, 1.82) is 0 Å². The minimum atomic E-state index is -0.132. The van der Waals surface area contributed by atoms with Crippen LogP contribution in [0, 0.1) is 0 Å². The molecule has 0 spiro atoms. The molecule has 0 aliphatic carbocycles. The average molecular weight is 327 g/mol. The minimum absolute atomic E-state index is 0.132. The molecule has 0 N–H and O–H groups in total. The van der Waals surface area contributed by atoms with E-state index in [2.05, 4.69) is 0 Å². The van der Waals surface area contributed by atoms with Gasteiger partial charge in [0.05, 0.1) is 5.02 Å². The van der Waals surface area contributed by atoms with Crippen molar-refractivity contribution in [2.45, 2.75) is 0 Å². The first kappa shape index (κ1) is 14.8. The largest absolute Gasteiger partial charge is 0.289 e. The summed E-state index contributed by atoms with van der Waals surface area (Å²) in [5.41, 5.74) is 3.18. The number of carbonyl (C=O) groups is 1. The molecule has 3 rings (SSSR count). The molecule has 0 aromatic heterocycles. The highest BCUT2D eigenvalue weighted by Gasteiger charge is 2.13. The number of carbonyl (C=O) groups excluding carboxylic acids is 1. The summed E-state index contributed by atoms with van der Waals surface area (Å²) < 4.78 is 0. The highest BCUT2D eigenvalue weighted by Crippen LogP contribution is 2.25. The Bertz CT molecular complexity index is 809. The molecule has 0 aliphatic heterocycles. The second kappa shape index (κ2) is 6.35. The summed E-state index contributed by atoms with van der Waals surface area (Å²) in [7, 11) is 0. The van der Waals surface area contributed by atoms with Crippen LogP contribution in [0.4, 0.5) is 0 Å². The second-order valence-electron chi connectivity index (χ2n) is 4.90. The van der Waals surface area contributed by atoms with Gasteiger partial charge in [-0.1, -0.05) is 77.8 Å². The van der Waals surface area contributed by atoms with E-state index in [-0.39, 0.29) is 5.78 Å². The van der Waals surface area contributed by atoms with E-state index in [0.29, 0.717) is 21.2 Å². The van der Waals surface area contributed by atoms with E-state index < -0.39 is 0 Å². The Kier molecular flexibility index (Phi) is 4.28. The van der Waals surface area contributed by atoms with Gasteiger partial charge in [0, 0.05) is 16.1 Å². The first-order valence-corrected chi connectivity index (χ1v) is 7.56. The molecule has 0 aliphatic rings. The Morgan fingerprint density at radius 2 is 1.36 bits per heavy atom. The molecule has 0 atom stereocenters. The third-order valence-electron chi connectivity index (χ3n) is 3.43. The predicted octanol–water partition coefficient (Wildman–Crippen LogP) is 5.89. The molecule has 0 bridgehead atoms. The van der Waals surface area contributed by atoms with E-state index in [0.717, 1.165) is 11.1 Å². The van der Waals surface area contributed by atoms with Crippen molar-refractivity contribution in [2.75, 3.05) is 0 Å². The molecule has 3 aromatic rings. The quantitative estimate of drug-likeness (QED) is 0.548. The van der Waals surface area contributed by atoms with Crippen LogP contribution in [-0.4, -0.2) is 5.78 Å². The van der Waals surface area contributed by atoms with Crippen LogP contribution >= 0.6 is 23.2 Å². The number of hydrogen-bond acceptors (Lipinski definition) is 1. The molecular formula is C19H12Cl2O. The van der Waals surface area contributed by atoms with Crippen LogP contribution in [0.2, 0.25) is 10.0 Å². The topological polar surface area (TPSA) is 17.1 Å². The zero-order chi connectivity index (χ0) is 15.5. The maximum atomic E-state index is 12.5. The van der Waals surface area contributed by atoms with Crippen LogP contribution in [0.15, 0.2) is 72.8 Å². The molecule has 0 unspecified atom stereocenters. The van der Waals surface area contributed by atoms with Gasteiger partial charge in [-0.3, -0.25) is 4.79 Å². The van der Waals surface area contributed by atoms with Gasteiger partial charge in [-0.25, -0.2) is 0 Å². The van der Waals surface area contributed by atoms with Crippen LogP contribution in [0.5, 0.6) is 0 Å². The van der Waals surface area contributed by atoms with Gasteiger partial charge in [0.1, 0.15) is 0 Å². The van der Waals surface area contributed by atoms with E-state index in [9.17, 15) is 4.79 Å². The third-order valence-corrected chi connectivity index (χ3v) is 3.99. The van der Waals surface area contributed by atoms with Gasteiger partial charge in [-0.15, -0.1) is 0 Å². The van der Waals surface area contributed by atoms with Crippen molar-refractivity contribution in [3.05, 3.63) is 94.0 Å². The smallest absolute Gasteiger partial charge is 0.194 e. The minimum Gasteiger partial charge on any atom is -0.289 e. The van der Waals surface area contributed by atoms with Gasteiger partial charge < -0.3 is 0 Å². The van der Waals surface area contributed by atoms with Gasteiger partial charge in [0.25, 0.3) is 0 Å². The Labute approximate surface area is 139 Å². The van der Waals surface area contributed by atoms with Crippen LogP contribution in [-0.2, 0) is 0 Å². The number of hydrogen-bond donors (Lipinski definition) is 0. The highest BCUT2D eigenvalue weighted by atomic mass is 35.5. The van der Waals surface area contributed by atoms with Crippen molar-refractivity contribution in [1.82, 2.24) is 0 Å². The molecule has 0 fully saturated rings. The molecule has 0 saturated heterocycles. The fourth-order valence-electron chi connectivity index (χ4n) is 2.27. The van der Waals surface area contributed by atoms with Crippen molar-refractivity contribution < 1.29 is 4.79 Å². The Morgan fingerprint density at radius 1 is 0.727 bits per heavy atom. The molecule has 0 heterocycles. The molecular weight excluding hydrogens is 315 g/mol. The molecule has 1 nitrogen and oxygen atoms in total. The summed E-state index contributed by atoms with van der Waals surface area (Å²) in [6.45, 7) is 0. The lowest BCUT2D eigenvalue weighted by molar-refractivity contribution is 0.103. The van der Waals surface area contributed by atoms with Crippen LogP contribution in [0.3, 0.4) is 0 Å². The second-order valence-corrected chi connectivity index (χ2v) is 5.74. The van der Waals surface area contributed by atoms with Gasteiger partial charge in [0.2, 0.25) is 0 Å². The lowest BCUT2D eigenvalue weighted by Gasteiger charge is -2.06. The Hall–Kier alpha value is -2.09. The summed E-state index contributed by atoms with van der Waals surface area (Å²) in [5, 5.41) is 0.898. The number of benzene rings is 3. The van der Waals surface area contributed by atoms with Crippen molar-refractivity contribution in [3.8, 4) is 11.1 Å². The summed E-state index contributed by atoms with van der Waals surface area (Å²) in [6, 6.07) is 22.4. The van der Waals surface area contributed by atoms with Crippen molar-refractivity contribution in [3.63, 3.8) is 0 Å². The fraction of sp³-hybridized carbons (Fsp3) is 0. The Morgan fingerprint density at radius 3 is 2.05 bits per heavy atom. The average Bonchev–Trinajstić information content (AvgIpc) is 2.57. The zero-order valence-electron chi connectivity index (χ0n) is 11.6. The van der Waals surface area contributed by atoms with Gasteiger partial charge in [0.15, 0.2) is 5.78 Å². The first-order valence-electron chi connectivity index (χ1n) is 6.80. The van der Waals surface area contributed by atoms with E-state index in [4.69, 9.17) is 23.2 Å². The lowest BCUT2D eigenvalue weighted by atomic mass is 9.99. The van der Waals surface area contributed by atoms with E-state index in [1.807, 2.05) is 54.6 Å². The van der Waals surface area contributed by atoms with Crippen LogP contribution in [0.1, 0.15) is 15.9 Å². The van der Waals surface area contributed by atoms with Crippen LogP contribution in [0.25, 0.3) is 11.1 Å². The maximum Gasteiger partial charge on any atom is 0.194 e. The third kappa shape index (κ3) is 3.06. The monoisotopic (exact) mass is 326 g/mol. The highest BCUT2D eigenvalue weighted by molar-refractivity contribution is 6.36. The maximum absolute atomic E-state index is 12.5. The molecule has 0 amide bonds. The zero-order valence-corrected chi connectivity index (χ0v) is 13.1. The van der Waals surface area contributed by atoms with Crippen molar-refractivity contribution in [2.24, 2.45) is 0 Å². The summed E-state index contributed by atoms with van der Waals surface area (Å²) >= 11 is 12.0. The van der Waals surface area contributed by atoms with Gasteiger partial charge >= 0.3 is 0 Å². The molecule has 108 valence electrons. The molecule has 0 saturated carbocycles. The van der Waals surface area contributed by atoms with Crippen molar-refractivity contribution >= 4 is 29.0 Å². The number of rotatable bonds is 3.